The summed E-state index contributed by atoms with van der Waals surface area (Å²) in [5, 5.41) is 0. The molecule has 0 amide bonds. The first-order valence-corrected chi connectivity index (χ1v) is 9.63. The summed E-state index contributed by atoms with van der Waals surface area (Å²) < 4.78 is 161. The van der Waals surface area contributed by atoms with Crippen LogP contribution in [0.4, 0.5) is 52.7 Å². The second kappa shape index (κ2) is 9.65. The summed E-state index contributed by atoms with van der Waals surface area (Å²) in [6.07, 6.45) is -20.4. The highest BCUT2D eigenvalue weighted by Crippen LogP contribution is 2.38. The molecular formula is C22H15BF12. The Morgan fingerprint density at radius 3 is 1.43 bits per heavy atom. The van der Waals surface area contributed by atoms with Gasteiger partial charge in [0.25, 0.3) is 0 Å². The lowest BCUT2D eigenvalue weighted by Gasteiger charge is -2.24. The second-order valence-electron chi connectivity index (χ2n) is 7.50. The Kier molecular flexibility index (Phi) is 7.83. The zero-order valence-corrected chi connectivity index (χ0v) is 17.5. The van der Waals surface area contributed by atoms with Crippen LogP contribution in [0.15, 0.2) is 55.6 Å². The average Bonchev–Trinajstić information content (AvgIpc) is 2.69. The zero-order valence-electron chi connectivity index (χ0n) is 17.5. The SMILES string of the molecule is C=CCB(c1cc(C(F)(F)F)cc(C(F)(F)F)c1)c1cc(C(F)(F)F)cc(C(F)(F)F)c1CC=C. The number of hydrogen-bond acceptors (Lipinski definition) is 0. The van der Waals surface area contributed by atoms with E-state index in [9.17, 15) is 52.7 Å². The minimum absolute atomic E-state index is 0.152. The van der Waals surface area contributed by atoms with Crippen LogP contribution in [0, 0.1) is 0 Å². The maximum Gasteiger partial charge on any atom is 0.416 e. The molecule has 0 bridgehead atoms. The number of halogens is 12. The van der Waals surface area contributed by atoms with E-state index in [1.165, 1.54) is 0 Å². The van der Waals surface area contributed by atoms with Gasteiger partial charge in [0.2, 0.25) is 6.71 Å². The van der Waals surface area contributed by atoms with Crippen molar-refractivity contribution in [1.29, 1.82) is 0 Å². The maximum absolute atomic E-state index is 13.7. The van der Waals surface area contributed by atoms with Crippen molar-refractivity contribution in [3.05, 3.63) is 83.5 Å². The molecule has 0 spiro atoms. The van der Waals surface area contributed by atoms with Crippen molar-refractivity contribution in [2.75, 3.05) is 0 Å². The third-order valence-corrected chi connectivity index (χ3v) is 5.06. The van der Waals surface area contributed by atoms with Crippen LogP contribution in [0.5, 0.6) is 0 Å². The summed E-state index contributed by atoms with van der Waals surface area (Å²) in [7, 11) is 0. The molecule has 0 heterocycles. The summed E-state index contributed by atoms with van der Waals surface area (Å²) in [5.41, 5.74) is -9.26. The fourth-order valence-electron chi connectivity index (χ4n) is 3.58. The van der Waals surface area contributed by atoms with E-state index < -0.39 is 82.9 Å². The van der Waals surface area contributed by atoms with Gasteiger partial charge in [-0.25, -0.2) is 0 Å². The summed E-state index contributed by atoms with van der Waals surface area (Å²) in [6, 6.07) is 0.506. The van der Waals surface area contributed by atoms with Crippen LogP contribution < -0.4 is 10.9 Å². The fraction of sp³-hybridized carbons (Fsp3) is 0.273. The first-order valence-electron chi connectivity index (χ1n) is 9.63. The standard InChI is InChI=1S/C22H15BF12/c1-3-5-16-17(22(33,34)35)10-14(21(30,31)32)11-18(16)23(6-4-2)15-8-12(19(24,25)26)7-13(9-15)20(27,28)29/h3-4,7-11H,1-2,5-6H2. The first-order chi connectivity index (χ1) is 15.8. The second-order valence-corrected chi connectivity index (χ2v) is 7.50. The van der Waals surface area contributed by atoms with Crippen molar-refractivity contribution >= 4 is 17.6 Å². The molecule has 2 aromatic rings. The molecule has 0 atom stereocenters. The number of allylic oxidation sites excluding steroid dienone is 2. The van der Waals surface area contributed by atoms with Crippen molar-refractivity contribution < 1.29 is 52.7 Å². The highest BCUT2D eigenvalue weighted by atomic mass is 19.4. The minimum Gasteiger partial charge on any atom is -0.166 e. The Hall–Kier alpha value is -2.86. The maximum atomic E-state index is 13.7. The molecule has 0 aliphatic heterocycles. The molecule has 0 unspecified atom stereocenters. The molecule has 0 saturated carbocycles. The van der Waals surface area contributed by atoms with Crippen LogP contribution in [-0.4, -0.2) is 6.71 Å². The molecule has 0 aliphatic rings. The average molecular weight is 518 g/mol. The third-order valence-electron chi connectivity index (χ3n) is 5.06. The van der Waals surface area contributed by atoms with E-state index in [-0.39, 0.29) is 24.3 Å². The highest BCUT2D eigenvalue weighted by molar-refractivity contribution is 6.85. The molecular weight excluding hydrogens is 503 g/mol. The lowest BCUT2D eigenvalue weighted by molar-refractivity contribution is -0.144. The van der Waals surface area contributed by atoms with Crippen molar-refractivity contribution in [1.82, 2.24) is 0 Å². The molecule has 2 rings (SSSR count). The summed E-state index contributed by atoms with van der Waals surface area (Å²) in [6.45, 7) is 4.82. The van der Waals surface area contributed by atoms with E-state index in [0.29, 0.717) is 6.07 Å². The van der Waals surface area contributed by atoms with Gasteiger partial charge in [-0.15, -0.1) is 13.2 Å². The molecule has 0 aromatic heterocycles. The topological polar surface area (TPSA) is 0 Å². The van der Waals surface area contributed by atoms with Crippen LogP contribution in [0.25, 0.3) is 0 Å². The highest BCUT2D eigenvalue weighted by Gasteiger charge is 2.42. The first kappa shape index (κ1) is 28.4. The van der Waals surface area contributed by atoms with E-state index >= 15 is 0 Å². The molecule has 0 aliphatic carbocycles. The number of hydrogen-bond donors (Lipinski definition) is 0. The minimum atomic E-state index is -5.31. The monoisotopic (exact) mass is 518 g/mol. The van der Waals surface area contributed by atoms with Crippen molar-refractivity contribution in [2.24, 2.45) is 0 Å². The van der Waals surface area contributed by atoms with Gasteiger partial charge >= 0.3 is 24.7 Å². The lowest BCUT2D eigenvalue weighted by Crippen LogP contribution is -2.45. The Balaban J connectivity index is 3.01. The predicted octanol–water partition coefficient (Wildman–Crippen LogP) is 7.29. The molecule has 35 heavy (non-hydrogen) atoms. The Morgan fingerprint density at radius 1 is 0.600 bits per heavy atom. The normalized spacial score (nSPS) is 13.0. The molecule has 0 saturated heterocycles. The van der Waals surface area contributed by atoms with Gasteiger partial charge in [0.1, 0.15) is 0 Å². The van der Waals surface area contributed by atoms with Crippen LogP contribution in [-0.2, 0) is 31.1 Å². The molecule has 0 nitrogen and oxygen atoms in total. The molecule has 0 radical (unpaired) electrons. The van der Waals surface area contributed by atoms with Crippen molar-refractivity contribution in [2.45, 2.75) is 37.4 Å². The van der Waals surface area contributed by atoms with E-state index in [1.807, 2.05) is 0 Å². The van der Waals surface area contributed by atoms with Crippen LogP contribution in [0.3, 0.4) is 0 Å². The Bertz CT molecular complexity index is 1060. The predicted molar refractivity (Wildman–Crippen MR) is 107 cm³/mol. The van der Waals surface area contributed by atoms with Gasteiger partial charge in [-0.1, -0.05) is 41.3 Å². The van der Waals surface area contributed by atoms with E-state index in [0.717, 1.165) is 12.2 Å². The summed E-state index contributed by atoms with van der Waals surface area (Å²) in [5.74, 6) is 0. The molecule has 0 fully saturated rings. The fourth-order valence-corrected chi connectivity index (χ4v) is 3.58. The molecule has 2 aromatic carbocycles. The Labute approximate surface area is 192 Å². The van der Waals surface area contributed by atoms with E-state index in [1.54, 1.807) is 0 Å². The zero-order chi connectivity index (χ0) is 27.0. The van der Waals surface area contributed by atoms with Crippen molar-refractivity contribution in [3.8, 4) is 0 Å². The lowest BCUT2D eigenvalue weighted by atomic mass is 9.37. The molecule has 13 heteroatoms. The van der Waals surface area contributed by atoms with Crippen molar-refractivity contribution in [3.63, 3.8) is 0 Å². The van der Waals surface area contributed by atoms with Gasteiger partial charge in [-0.3, -0.25) is 0 Å². The van der Waals surface area contributed by atoms with E-state index in [2.05, 4.69) is 13.2 Å². The smallest absolute Gasteiger partial charge is 0.166 e. The number of alkyl halides is 12. The van der Waals surface area contributed by atoms with Gasteiger partial charge in [0.05, 0.1) is 22.3 Å². The number of benzene rings is 2. The van der Waals surface area contributed by atoms with Crippen LogP contribution in [0.2, 0.25) is 6.32 Å². The van der Waals surface area contributed by atoms with Gasteiger partial charge in [0, 0.05) is 0 Å². The van der Waals surface area contributed by atoms with E-state index in [4.69, 9.17) is 0 Å². The third kappa shape index (κ3) is 6.63. The Morgan fingerprint density at radius 2 is 1.06 bits per heavy atom. The van der Waals surface area contributed by atoms with Gasteiger partial charge in [-0.2, -0.15) is 52.7 Å². The summed E-state index contributed by atoms with van der Waals surface area (Å²) >= 11 is 0. The van der Waals surface area contributed by atoms with Gasteiger partial charge < -0.3 is 0 Å². The van der Waals surface area contributed by atoms with Gasteiger partial charge in [-0.05, 0) is 30.4 Å². The molecule has 190 valence electrons. The van der Waals surface area contributed by atoms with Gasteiger partial charge in [0.15, 0.2) is 0 Å². The summed E-state index contributed by atoms with van der Waals surface area (Å²) in [4.78, 5) is 0. The largest absolute Gasteiger partial charge is 0.416 e. The molecule has 0 N–H and O–H groups in total. The van der Waals surface area contributed by atoms with Crippen LogP contribution >= 0.6 is 0 Å². The van der Waals surface area contributed by atoms with Crippen LogP contribution in [0.1, 0.15) is 27.8 Å². The quantitative estimate of drug-likeness (QED) is 0.214. The number of rotatable bonds is 6.